The highest BCUT2D eigenvalue weighted by Crippen LogP contribution is 2.22. The molecule has 1 N–H and O–H groups in total. The van der Waals surface area contributed by atoms with Crippen molar-refractivity contribution in [3.63, 3.8) is 0 Å². The first-order chi connectivity index (χ1) is 8.08. The van der Waals surface area contributed by atoms with Crippen molar-refractivity contribution in [1.29, 1.82) is 0 Å². The highest BCUT2D eigenvalue weighted by atomic mass is 16.2. The predicted molar refractivity (Wildman–Crippen MR) is 68.9 cm³/mol. The molecule has 1 heterocycles. The minimum atomic E-state index is 0.168. The van der Waals surface area contributed by atoms with E-state index in [-0.39, 0.29) is 11.9 Å². The number of rotatable bonds is 1. The summed E-state index contributed by atoms with van der Waals surface area (Å²) >= 11 is 0. The molecule has 1 aliphatic rings. The molecule has 3 nitrogen and oxygen atoms in total. The summed E-state index contributed by atoms with van der Waals surface area (Å²) in [7, 11) is 0. The number of hydrogen-bond donors (Lipinski definition) is 1. The lowest BCUT2D eigenvalue weighted by Gasteiger charge is -2.34. The molecule has 0 saturated carbocycles. The maximum Gasteiger partial charge on any atom is 0.219 e. The highest BCUT2D eigenvalue weighted by molar-refractivity contribution is 5.73. The van der Waals surface area contributed by atoms with E-state index >= 15 is 0 Å². The molecule has 1 unspecified atom stereocenters. The summed E-state index contributed by atoms with van der Waals surface area (Å²) in [5.41, 5.74) is 3.88. The fraction of sp³-hybridized carbons (Fsp3) is 0.500. The van der Waals surface area contributed by atoms with Crippen LogP contribution in [0.15, 0.2) is 18.2 Å². The van der Waals surface area contributed by atoms with E-state index in [2.05, 4.69) is 37.4 Å². The van der Waals surface area contributed by atoms with Gasteiger partial charge >= 0.3 is 0 Å². The number of carbonyl (C=O) groups excluding carboxylic acids is 1. The summed E-state index contributed by atoms with van der Waals surface area (Å²) in [6.45, 7) is 8.34. The molecule has 1 amide bonds. The van der Waals surface area contributed by atoms with Crippen LogP contribution in [0.1, 0.15) is 29.7 Å². The number of nitrogens with zero attached hydrogens (tertiary/aromatic N) is 1. The molecule has 3 heteroatoms. The molecule has 0 aliphatic carbocycles. The lowest BCUT2D eigenvalue weighted by molar-refractivity contribution is -0.130. The Bertz CT molecular complexity index is 428. The minimum absolute atomic E-state index is 0.168. The average molecular weight is 232 g/mol. The van der Waals surface area contributed by atoms with Gasteiger partial charge in [-0.25, -0.2) is 0 Å². The Kier molecular flexibility index (Phi) is 3.48. The van der Waals surface area contributed by atoms with Crippen LogP contribution >= 0.6 is 0 Å². The number of piperazine rings is 1. The fourth-order valence-electron chi connectivity index (χ4n) is 2.38. The van der Waals surface area contributed by atoms with E-state index in [1.54, 1.807) is 6.92 Å². The molecule has 0 radical (unpaired) electrons. The van der Waals surface area contributed by atoms with Crippen molar-refractivity contribution in [2.75, 3.05) is 19.6 Å². The molecular formula is C14H20N2O. The first-order valence-electron chi connectivity index (χ1n) is 6.14. The van der Waals surface area contributed by atoms with Gasteiger partial charge in [-0.15, -0.1) is 0 Å². The Morgan fingerprint density at radius 1 is 1.41 bits per heavy atom. The standard InChI is InChI=1S/C14H20N2O/c1-10-4-5-11(2)13(8-10)14-9-16(12(3)17)7-6-15-14/h4-5,8,14-15H,6-7,9H2,1-3H3. The normalized spacial score (nSPS) is 20.4. The Morgan fingerprint density at radius 3 is 2.88 bits per heavy atom. The SMILES string of the molecule is CC(=O)N1CCNC(c2cc(C)ccc2C)C1. The molecule has 0 aromatic heterocycles. The van der Waals surface area contributed by atoms with E-state index in [0.29, 0.717) is 0 Å². The van der Waals surface area contributed by atoms with Gasteiger partial charge in [0.05, 0.1) is 6.04 Å². The number of amides is 1. The zero-order valence-corrected chi connectivity index (χ0v) is 10.8. The molecule has 2 rings (SSSR count). The Morgan fingerprint density at radius 2 is 2.18 bits per heavy atom. The predicted octanol–water partition coefficient (Wildman–Crippen LogP) is 1.80. The molecule has 1 aliphatic heterocycles. The summed E-state index contributed by atoms with van der Waals surface area (Å²) in [6.07, 6.45) is 0. The first kappa shape index (κ1) is 12.1. The molecule has 1 aromatic rings. The van der Waals surface area contributed by atoms with Crippen molar-refractivity contribution < 1.29 is 4.79 Å². The van der Waals surface area contributed by atoms with Crippen molar-refractivity contribution >= 4 is 5.91 Å². The summed E-state index contributed by atoms with van der Waals surface area (Å²) in [4.78, 5) is 13.3. The number of hydrogen-bond acceptors (Lipinski definition) is 2. The van der Waals surface area contributed by atoms with Crippen LogP contribution < -0.4 is 5.32 Å². The summed E-state index contributed by atoms with van der Waals surface area (Å²) in [5.74, 6) is 0.168. The lowest BCUT2D eigenvalue weighted by atomic mass is 9.97. The maximum atomic E-state index is 11.4. The summed E-state index contributed by atoms with van der Waals surface area (Å²) in [5, 5.41) is 3.49. The van der Waals surface area contributed by atoms with Gasteiger partial charge in [0.2, 0.25) is 5.91 Å². The van der Waals surface area contributed by atoms with E-state index in [1.807, 2.05) is 4.90 Å². The van der Waals surface area contributed by atoms with Gasteiger partial charge in [-0.1, -0.05) is 23.8 Å². The van der Waals surface area contributed by atoms with Gasteiger partial charge in [-0.05, 0) is 25.0 Å². The van der Waals surface area contributed by atoms with E-state index in [0.717, 1.165) is 19.6 Å². The van der Waals surface area contributed by atoms with Gasteiger partial charge in [-0.3, -0.25) is 4.79 Å². The van der Waals surface area contributed by atoms with Crippen LogP contribution in [0.3, 0.4) is 0 Å². The second-order valence-electron chi connectivity index (χ2n) is 4.83. The van der Waals surface area contributed by atoms with E-state index in [9.17, 15) is 4.79 Å². The van der Waals surface area contributed by atoms with Crippen LogP contribution in [0, 0.1) is 13.8 Å². The van der Waals surface area contributed by atoms with Crippen LogP contribution in [-0.2, 0) is 4.79 Å². The largest absolute Gasteiger partial charge is 0.340 e. The highest BCUT2D eigenvalue weighted by Gasteiger charge is 2.23. The number of carbonyl (C=O) groups is 1. The molecule has 17 heavy (non-hydrogen) atoms. The summed E-state index contributed by atoms with van der Waals surface area (Å²) < 4.78 is 0. The minimum Gasteiger partial charge on any atom is -0.340 e. The third kappa shape index (κ3) is 2.67. The van der Waals surface area contributed by atoms with Crippen LogP contribution in [0.4, 0.5) is 0 Å². The van der Waals surface area contributed by atoms with Gasteiger partial charge < -0.3 is 10.2 Å². The zero-order chi connectivity index (χ0) is 12.4. The van der Waals surface area contributed by atoms with Crippen LogP contribution in [-0.4, -0.2) is 30.4 Å². The molecule has 1 atom stereocenters. The monoisotopic (exact) mass is 232 g/mol. The molecule has 1 fully saturated rings. The van der Waals surface area contributed by atoms with Gasteiger partial charge in [0.1, 0.15) is 0 Å². The van der Waals surface area contributed by atoms with Gasteiger partial charge in [-0.2, -0.15) is 0 Å². The fourth-order valence-corrected chi connectivity index (χ4v) is 2.38. The van der Waals surface area contributed by atoms with Crippen molar-refractivity contribution in [2.24, 2.45) is 0 Å². The van der Waals surface area contributed by atoms with E-state index in [4.69, 9.17) is 0 Å². The Labute approximate surface area is 103 Å². The van der Waals surface area contributed by atoms with Crippen molar-refractivity contribution in [3.8, 4) is 0 Å². The molecule has 0 spiro atoms. The zero-order valence-electron chi connectivity index (χ0n) is 10.8. The topological polar surface area (TPSA) is 32.3 Å². The smallest absolute Gasteiger partial charge is 0.219 e. The lowest BCUT2D eigenvalue weighted by Crippen LogP contribution is -2.47. The van der Waals surface area contributed by atoms with Crippen LogP contribution in [0.25, 0.3) is 0 Å². The average Bonchev–Trinajstić information content (AvgIpc) is 2.32. The maximum absolute atomic E-state index is 11.4. The second-order valence-corrected chi connectivity index (χ2v) is 4.83. The summed E-state index contributed by atoms with van der Waals surface area (Å²) in [6, 6.07) is 6.77. The first-order valence-corrected chi connectivity index (χ1v) is 6.14. The molecule has 1 aromatic carbocycles. The third-order valence-electron chi connectivity index (χ3n) is 3.43. The van der Waals surface area contributed by atoms with E-state index in [1.165, 1.54) is 16.7 Å². The number of aryl methyl sites for hydroxylation is 2. The van der Waals surface area contributed by atoms with Gasteiger partial charge in [0, 0.05) is 26.6 Å². The van der Waals surface area contributed by atoms with Crippen LogP contribution in [0.5, 0.6) is 0 Å². The number of benzene rings is 1. The van der Waals surface area contributed by atoms with Crippen molar-refractivity contribution in [3.05, 3.63) is 34.9 Å². The van der Waals surface area contributed by atoms with Crippen molar-refractivity contribution in [2.45, 2.75) is 26.8 Å². The quantitative estimate of drug-likeness (QED) is 0.800. The second kappa shape index (κ2) is 4.88. The van der Waals surface area contributed by atoms with E-state index < -0.39 is 0 Å². The Balaban J connectivity index is 2.21. The number of nitrogens with one attached hydrogen (secondary N) is 1. The van der Waals surface area contributed by atoms with Gasteiger partial charge in [0.15, 0.2) is 0 Å². The molecular weight excluding hydrogens is 212 g/mol. The Hall–Kier alpha value is -1.35. The molecule has 0 bridgehead atoms. The van der Waals surface area contributed by atoms with Crippen molar-refractivity contribution in [1.82, 2.24) is 10.2 Å². The van der Waals surface area contributed by atoms with Crippen LogP contribution in [0.2, 0.25) is 0 Å². The molecule has 92 valence electrons. The van der Waals surface area contributed by atoms with Gasteiger partial charge in [0.25, 0.3) is 0 Å². The molecule has 1 saturated heterocycles. The third-order valence-corrected chi connectivity index (χ3v) is 3.43.